The summed E-state index contributed by atoms with van der Waals surface area (Å²) in [7, 11) is 0. The number of carbonyl (C=O) groups excluding carboxylic acids is 1. The largest absolute Gasteiger partial charge is 0.353 e. The second-order valence-electron chi connectivity index (χ2n) is 7.44. The molecule has 0 heterocycles. The fourth-order valence-corrected chi connectivity index (χ4v) is 2.64. The summed E-state index contributed by atoms with van der Waals surface area (Å²) in [6.45, 7) is 7.31. The lowest BCUT2D eigenvalue weighted by molar-refractivity contribution is -0.116. The highest BCUT2D eigenvalue weighted by Gasteiger charge is 2.12. The Labute approximate surface area is 152 Å². The van der Waals surface area contributed by atoms with Crippen molar-refractivity contribution in [3.8, 4) is 0 Å². The summed E-state index contributed by atoms with van der Waals surface area (Å²) in [6.07, 6.45) is 6.62. The molecule has 2 nitrogen and oxygen atoms in total. The van der Waals surface area contributed by atoms with Gasteiger partial charge in [-0.1, -0.05) is 75.4 Å². The van der Waals surface area contributed by atoms with Gasteiger partial charge in [0.15, 0.2) is 0 Å². The maximum Gasteiger partial charge on any atom is 0.243 e. The van der Waals surface area contributed by atoms with Crippen molar-refractivity contribution in [2.75, 3.05) is 6.54 Å². The van der Waals surface area contributed by atoms with E-state index >= 15 is 0 Å². The fourth-order valence-electron chi connectivity index (χ4n) is 2.64. The van der Waals surface area contributed by atoms with Gasteiger partial charge in [0.05, 0.1) is 0 Å². The standard InChI is InChI=1S/C23H29NO/c1-23(2,3)21-15-12-20(13-16-21)14-17-22(25)24-18-8-7-11-19-9-5-4-6-10-19/h4-6,9-10,12-17H,7-8,11,18H2,1-3H3,(H,24,25). The van der Waals surface area contributed by atoms with E-state index in [0.29, 0.717) is 0 Å². The third kappa shape index (κ3) is 6.96. The van der Waals surface area contributed by atoms with E-state index in [0.717, 1.165) is 31.4 Å². The SMILES string of the molecule is CC(C)(C)c1ccc(C=CC(=O)NCCCCc2ccccc2)cc1. The third-order valence-corrected chi connectivity index (χ3v) is 4.24. The Hall–Kier alpha value is -2.35. The Morgan fingerprint density at radius 2 is 1.64 bits per heavy atom. The van der Waals surface area contributed by atoms with E-state index in [1.807, 2.05) is 12.1 Å². The van der Waals surface area contributed by atoms with Crippen LogP contribution in [0.15, 0.2) is 60.7 Å². The zero-order valence-electron chi connectivity index (χ0n) is 15.6. The molecule has 0 saturated heterocycles. The maximum absolute atomic E-state index is 11.9. The Bertz CT molecular complexity index is 678. The van der Waals surface area contributed by atoms with Crippen molar-refractivity contribution < 1.29 is 4.79 Å². The van der Waals surface area contributed by atoms with Crippen LogP contribution in [0.2, 0.25) is 0 Å². The molecule has 2 rings (SSSR count). The van der Waals surface area contributed by atoms with Gasteiger partial charge in [0.2, 0.25) is 5.91 Å². The van der Waals surface area contributed by atoms with Crippen LogP contribution < -0.4 is 5.32 Å². The van der Waals surface area contributed by atoms with E-state index in [2.05, 4.69) is 74.6 Å². The van der Waals surface area contributed by atoms with Gasteiger partial charge in [-0.25, -0.2) is 0 Å². The number of benzene rings is 2. The molecule has 0 atom stereocenters. The second kappa shape index (κ2) is 9.22. The number of unbranched alkanes of at least 4 members (excludes halogenated alkanes) is 1. The molecule has 0 aliphatic heterocycles. The fraction of sp³-hybridized carbons (Fsp3) is 0.348. The molecular weight excluding hydrogens is 306 g/mol. The molecule has 2 aromatic carbocycles. The minimum atomic E-state index is -0.0281. The summed E-state index contributed by atoms with van der Waals surface area (Å²) in [6, 6.07) is 18.8. The van der Waals surface area contributed by atoms with Crippen LogP contribution in [0.5, 0.6) is 0 Å². The van der Waals surface area contributed by atoms with Crippen molar-refractivity contribution in [2.24, 2.45) is 0 Å². The summed E-state index contributed by atoms with van der Waals surface area (Å²) in [5.74, 6) is -0.0281. The van der Waals surface area contributed by atoms with Crippen molar-refractivity contribution in [3.63, 3.8) is 0 Å². The highest BCUT2D eigenvalue weighted by molar-refractivity contribution is 5.91. The number of amides is 1. The molecule has 0 saturated carbocycles. The van der Waals surface area contributed by atoms with E-state index in [1.165, 1.54) is 11.1 Å². The summed E-state index contributed by atoms with van der Waals surface area (Å²) < 4.78 is 0. The van der Waals surface area contributed by atoms with Gasteiger partial charge in [-0.3, -0.25) is 4.79 Å². The maximum atomic E-state index is 11.9. The molecule has 1 N–H and O–H groups in total. The first kappa shape index (κ1) is 19.0. The number of hydrogen-bond acceptors (Lipinski definition) is 1. The van der Waals surface area contributed by atoms with E-state index in [9.17, 15) is 4.79 Å². The molecule has 1 amide bonds. The minimum absolute atomic E-state index is 0.0281. The first-order chi connectivity index (χ1) is 11.9. The summed E-state index contributed by atoms with van der Waals surface area (Å²) in [5.41, 5.74) is 3.85. The average Bonchev–Trinajstić information content (AvgIpc) is 2.60. The number of aryl methyl sites for hydroxylation is 1. The number of nitrogens with one attached hydrogen (secondary N) is 1. The molecule has 25 heavy (non-hydrogen) atoms. The third-order valence-electron chi connectivity index (χ3n) is 4.24. The average molecular weight is 335 g/mol. The van der Waals surface area contributed by atoms with Gasteiger partial charge in [0.1, 0.15) is 0 Å². The van der Waals surface area contributed by atoms with Gasteiger partial charge in [-0.15, -0.1) is 0 Å². The Morgan fingerprint density at radius 3 is 2.28 bits per heavy atom. The molecule has 0 radical (unpaired) electrons. The van der Waals surface area contributed by atoms with Crippen LogP contribution in [-0.2, 0) is 16.6 Å². The number of carbonyl (C=O) groups is 1. The molecule has 0 spiro atoms. The summed E-state index contributed by atoms with van der Waals surface area (Å²) >= 11 is 0. The van der Waals surface area contributed by atoms with Crippen LogP contribution >= 0.6 is 0 Å². The van der Waals surface area contributed by atoms with Gasteiger partial charge in [-0.05, 0) is 47.4 Å². The molecule has 0 unspecified atom stereocenters. The number of hydrogen-bond donors (Lipinski definition) is 1. The van der Waals surface area contributed by atoms with Crippen LogP contribution in [0.25, 0.3) is 6.08 Å². The smallest absolute Gasteiger partial charge is 0.243 e. The molecule has 2 aromatic rings. The van der Waals surface area contributed by atoms with Crippen LogP contribution in [0.4, 0.5) is 0 Å². The minimum Gasteiger partial charge on any atom is -0.353 e. The van der Waals surface area contributed by atoms with Gasteiger partial charge in [-0.2, -0.15) is 0 Å². The molecule has 0 aliphatic carbocycles. The predicted octanol–water partition coefficient (Wildman–Crippen LogP) is 5.14. The second-order valence-corrected chi connectivity index (χ2v) is 7.44. The van der Waals surface area contributed by atoms with Crippen LogP contribution in [-0.4, -0.2) is 12.5 Å². The lowest BCUT2D eigenvalue weighted by Gasteiger charge is -2.18. The van der Waals surface area contributed by atoms with E-state index in [4.69, 9.17) is 0 Å². The van der Waals surface area contributed by atoms with E-state index in [-0.39, 0.29) is 11.3 Å². The first-order valence-corrected chi connectivity index (χ1v) is 9.05. The van der Waals surface area contributed by atoms with E-state index < -0.39 is 0 Å². The summed E-state index contributed by atoms with van der Waals surface area (Å²) in [4.78, 5) is 11.9. The van der Waals surface area contributed by atoms with Gasteiger partial charge >= 0.3 is 0 Å². The molecule has 0 bridgehead atoms. The monoisotopic (exact) mass is 335 g/mol. The molecule has 2 heteroatoms. The lowest BCUT2D eigenvalue weighted by Crippen LogP contribution is -2.22. The zero-order chi connectivity index (χ0) is 18.1. The normalized spacial score (nSPS) is 11.6. The van der Waals surface area contributed by atoms with E-state index in [1.54, 1.807) is 6.08 Å². The van der Waals surface area contributed by atoms with Crippen molar-refractivity contribution in [1.82, 2.24) is 5.32 Å². The van der Waals surface area contributed by atoms with Crippen LogP contribution in [0.3, 0.4) is 0 Å². The van der Waals surface area contributed by atoms with Gasteiger partial charge in [0, 0.05) is 12.6 Å². The molecule has 0 aromatic heterocycles. The molecular formula is C23H29NO. The Balaban J connectivity index is 1.68. The van der Waals surface area contributed by atoms with Crippen LogP contribution in [0, 0.1) is 0 Å². The zero-order valence-corrected chi connectivity index (χ0v) is 15.6. The molecule has 132 valence electrons. The predicted molar refractivity (Wildman–Crippen MR) is 107 cm³/mol. The van der Waals surface area contributed by atoms with Crippen LogP contribution in [0.1, 0.15) is 50.3 Å². The molecule has 0 fully saturated rings. The first-order valence-electron chi connectivity index (χ1n) is 9.05. The van der Waals surface area contributed by atoms with Gasteiger partial charge < -0.3 is 5.32 Å². The highest BCUT2D eigenvalue weighted by atomic mass is 16.1. The quantitative estimate of drug-likeness (QED) is 0.551. The summed E-state index contributed by atoms with van der Waals surface area (Å²) in [5, 5.41) is 2.95. The van der Waals surface area contributed by atoms with Gasteiger partial charge in [0.25, 0.3) is 0 Å². The van der Waals surface area contributed by atoms with Crippen molar-refractivity contribution >= 4 is 12.0 Å². The lowest BCUT2D eigenvalue weighted by atomic mass is 9.87. The van der Waals surface area contributed by atoms with Crippen molar-refractivity contribution in [3.05, 3.63) is 77.4 Å². The molecule has 0 aliphatic rings. The number of rotatable bonds is 7. The Morgan fingerprint density at radius 1 is 0.960 bits per heavy atom. The highest BCUT2D eigenvalue weighted by Crippen LogP contribution is 2.22. The van der Waals surface area contributed by atoms with Crippen molar-refractivity contribution in [2.45, 2.75) is 45.4 Å². The topological polar surface area (TPSA) is 29.1 Å². The Kier molecular flexibility index (Phi) is 7.00. The van der Waals surface area contributed by atoms with Crippen molar-refractivity contribution in [1.29, 1.82) is 0 Å².